The van der Waals surface area contributed by atoms with Crippen molar-refractivity contribution in [3.05, 3.63) is 21.4 Å². The lowest BCUT2D eigenvalue weighted by Crippen LogP contribution is -2.47. The molecule has 1 N–H and O–H groups in total. The van der Waals surface area contributed by atoms with Crippen LogP contribution in [0.15, 0.2) is 6.07 Å². The Kier molecular flexibility index (Phi) is 7.91. The Morgan fingerprint density at radius 2 is 1.96 bits per heavy atom. The van der Waals surface area contributed by atoms with Crippen LogP contribution in [0.5, 0.6) is 0 Å². The van der Waals surface area contributed by atoms with E-state index in [1.54, 1.807) is 6.07 Å². The number of esters is 2. The quantitative estimate of drug-likeness (QED) is 0.725. The third kappa shape index (κ3) is 5.33. The minimum Gasteiger partial charge on any atom is -0.467 e. The molecule has 0 bridgehead atoms. The minimum absolute atomic E-state index is 0.0795. The molecule has 1 amide bonds. The lowest BCUT2D eigenvalue weighted by atomic mass is 9.99. The van der Waals surface area contributed by atoms with Crippen LogP contribution in [0.1, 0.15) is 47.3 Å². The van der Waals surface area contributed by atoms with Gasteiger partial charge >= 0.3 is 11.9 Å². The number of methoxy groups -OCH3 is 1. The highest BCUT2D eigenvalue weighted by Crippen LogP contribution is 2.23. The second-order valence-corrected chi connectivity index (χ2v) is 6.74. The molecule has 1 aromatic heterocycles. The smallest absolute Gasteiger partial charge is 0.348 e. The summed E-state index contributed by atoms with van der Waals surface area (Å²) in [4.78, 5) is 37.3. The zero-order valence-electron chi connectivity index (χ0n) is 14.8. The van der Waals surface area contributed by atoms with E-state index in [-0.39, 0.29) is 5.92 Å². The molecule has 24 heavy (non-hydrogen) atoms. The highest BCUT2D eigenvalue weighted by molar-refractivity contribution is 7.14. The van der Waals surface area contributed by atoms with Crippen molar-refractivity contribution in [2.24, 2.45) is 5.92 Å². The van der Waals surface area contributed by atoms with Crippen LogP contribution in [-0.4, -0.2) is 37.6 Å². The zero-order chi connectivity index (χ0) is 18.3. The average molecular weight is 355 g/mol. The summed E-state index contributed by atoms with van der Waals surface area (Å²) in [6.45, 7) is 7.28. The predicted molar refractivity (Wildman–Crippen MR) is 92.1 cm³/mol. The van der Waals surface area contributed by atoms with Crippen LogP contribution >= 0.6 is 11.3 Å². The van der Waals surface area contributed by atoms with Crippen LogP contribution in [0.2, 0.25) is 0 Å². The second-order valence-electron chi connectivity index (χ2n) is 5.60. The number of thiophene rings is 1. The summed E-state index contributed by atoms with van der Waals surface area (Å²) in [7, 11) is 1.27. The summed E-state index contributed by atoms with van der Waals surface area (Å²) in [6.07, 6.45) is 1.55. The third-order valence-corrected chi connectivity index (χ3v) is 5.22. The molecule has 0 saturated carbocycles. The van der Waals surface area contributed by atoms with Crippen LogP contribution in [-0.2, 0) is 25.5 Å². The predicted octanol–water partition coefficient (Wildman–Crippen LogP) is 2.48. The molecule has 0 spiro atoms. The number of amides is 1. The van der Waals surface area contributed by atoms with Crippen molar-refractivity contribution >= 4 is 29.2 Å². The van der Waals surface area contributed by atoms with E-state index in [2.05, 4.69) is 5.32 Å². The monoisotopic (exact) mass is 355 g/mol. The van der Waals surface area contributed by atoms with E-state index in [1.165, 1.54) is 18.4 Å². The van der Waals surface area contributed by atoms with Crippen LogP contribution in [0.25, 0.3) is 0 Å². The summed E-state index contributed by atoms with van der Waals surface area (Å²) >= 11 is 1.37. The Hall–Kier alpha value is -1.89. The average Bonchev–Trinajstić information content (AvgIpc) is 2.97. The fourth-order valence-electron chi connectivity index (χ4n) is 2.18. The number of carbonyl (C=O) groups is 3. The molecule has 0 aliphatic carbocycles. The van der Waals surface area contributed by atoms with E-state index in [1.807, 2.05) is 27.7 Å². The number of aryl methyl sites for hydroxylation is 2. The fourth-order valence-corrected chi connectivity index (χ4v) is 3.19. The normalized spacial score (nSPS) is 13.0. The number of hydrogen-bond acceptors (Lipinski definition) is 6. The highest BCUT2D eigenvalue weighted by Gasteiger charge is 2.27. The minimum atomic E-state index is -0.748. The molecule has 7 heteroatoms. The Morgan fingerprint density at radius 1 is 1.29 bits per heavy atom. The maximum absolute atomic E-state index is 12.0. The molecule has 0 fully saturated rings. The van der Waals surface area contributed by atoms with Gasteiger partial charge in [-0.25, -0.2) is 9.59 Å². The van der Waals surface area contributed by atoms with Gasteiger partial charge in [0.05, 0.1) is 7.11 Å². The lowest BCUT2D eigenvalue weighted by Gasteiger charge is -2.21. The molecule has 0 aliphatic rings. The SMILES string of the molecule is CCc1sc(C(=O)OCC(=O)NC(C(=O)OC)C(C)CC)cc1C. The molecule has 134 valence electrons. The molecular weight excluding hydrogens is 330 g/mol. The standard InChI is InChI=1S/C17H25NO5S/c1-6-10(3)15(17(21)22-5)18-14(19)9-23-16(20)13-8-11(4)12(7-2)24-13/h8,10,15H,6-7,9H2,1-5H3,(H,18,19). The fraction of sp³-hybridized carbons (Fsp3) is 0.588. The molecule has 1 heterocycles. The van der Waals surface area contributed by atoms with E-state index >= 15 is 0 Å². The lowest BCUT2D eigenvalue weighted by molar-refractivity contribution is -0.147. The molecule has 0 aromatic carbocycles. The Labute approximate surface area is 146 Å². The van der Waals surface area contributed by atoms with Crippen molar-refractivity contribution in [2.45, 2.75) is 46.6 Å². The van der Waals surface area contributed by atoms with Crippen molar-refractivity contribution in [1.82, 2.24) is 5.32 Å². The maximum Gasteiger partial charge on any atom is 0.348 e. The number of hydrogen-bond donors (Lipinski definition) is 1. The first-order chi connectivity index (χ1) is 11.3. The van der Waals surface area contributed by atoms with Gasteiger partial charge in [-0.15, -0.1) is 11.3 Å². The largest absolute Gasteiger partial charge is 0.467 e. The van der Waals surface area contributed by atoms with Crippen molar-refractivity contribution in [3.63, 3.8) is 0 Å². The number of nitrogens with one attached hydrogen (secondary N) is 1. The summed E-state index contributed by atoms with van der Waals surface area (Å²) in [6, 6.07) is 1.02. The Morgan fingerprint density at radius 3 is 2.46 bits per heavy atom. The summed E-state index contributed by atoms with van der Waals surface area (Å²) in [5.41, 5.74) is 1.04. The first kappa shape index (κ1) is 20.2. The van der Waals surface area contributed by atoms with Gasteiger partial charge in [-0.3, -0.25) is 4.79 Å². The summed E-state index contributed by atoms with van der Waals surface area (Å²) in [5, 5.41) is 2.57. The van der Waals surface area contributed by atoms with E-state index < -0.39 is 30.5 Å². The first-order valence-corrected chi connectivity index (χ1v) is 8.79. The van der Waals surface area contributed by atoms with Crippen molar-refractivity contribution in [3.8, 4) is 0 Å². The van der Waals surface area contributed by atoms with Gasteiger partial charge in [-0.1, -0.05) is 27.2 Å². The van der Waals surface area contributed by atoms with E-state index in [0.29, 0.717) is 11.3 Å². The van der Waals surface area contributed by atoms with E-state index in [0.717, 1.165) is 16.9 Å². The third-order valence-electron chi connectivity index (χ3n) is 3.86. The van der Waals surface area contributed by atoms with E-state index in [4.69, 9.17) is 9.47 Å². The van der Waals surface area contributed by atoms with Crippen LogP contribution < -0.4 is 5.32 Å². The second kappa shape index (κ2) is 9.42. The molecular formula is C17H25NO5S. The number of ether oxygens (including phenoxy) is 2. The number of carbonyl (C=O) groups excluding carboxylic acids is 3. The molecule has 2 unspecified atom stereocenters. The summed E-state index contributed by atoms with van der Waals surface area (Å²) < 4.78 is 9.74. The van der Waals surface area contributed by atoms with Crippen LogP contribution in [0.3, 0.4) is 0 Å². The molecule has 0 aliphatic heterocycles. The molecule has 1 rings (SSSR count). The van der Waals surface area contributed by atoms with Gasteiger partial charge < -0.3 is 14.8 Å². The first-order valence-electron chi connectivity index (χ1n) is 7.97. The molecule has 0 saturated heterocycles. The van der Waals surface area contributed by atoms with Crippen molar-refractivity contribution in [2.75, 3.05) is 13.7 Å². The molecule has 0 radical (unpaired) electrons. The molecule has 2 atom stereocenters. The van der Waals surface area contributed by atoms with Crippen LogP contribution in [0, 0.1) is 12.8 Å². The van der Waals surface area contributed by atoms with Gasteiger partial charge in [0.15, 0.2) is 6.61 Å². The van der Waals surface area contributed by atoms with Crippen molar-refractivity contribution in [1.29, 1.82) is 0 Å². The molecule has 1 aromatic rings. The van der Waals surface area contributed by atoms with Gasteiger partial charge in [0, 0.05) is 4.88 Å². The van der Waals surface area contributed by atoms with Gasteiger partial charge in [-0.2, -0.15) is 0 Å². The van der Waals surface area contributed by atoms with Gasteiger partial charge in [0.1, 0.15) is 10.9 Å². The maximum atomic E-state index is 12.0. The van der Waals surface area contributed by atoms with Crippen molar-refractivity contribution < 1.29 is 23.9 Å². The summed E-state index contributed by atoms with van der Waals surface area (Å²) in [5.74, 6) is -1.64. The Bertz CT molecular complexity index is 596. The zero-order valence-corrected chi connectivity index (χ0v) is 15.6. The Balaban J connectivity index is 2.60. The number of rotatable bonds is 8. The van der Waals surface area contributed by atoms with Gasteiger partial charge in [0.2, 0.25) is 0 Å². The highest BCUT2D eigenvalue weighted by atomic mass is 32.1. The van der Waals surface area contributed by atoms with Crippen LogP contribution in [0.4, 0.5) is 0 Å². The van der Waals surface area contributed by atoms with Gasteiger partial charge in [-0.05, 0) is 30.9 Å². The van der Waals surface area contributed by atoms with E-state index in [9.17, 15) is 14.4 Å². The van der Waals surface area contributed by atoms with Gasteiger partial charge in [0.25, 0.3) is 5.91 Å². The topological polar surface area (TPSA) is 81.7 Å². The molecule has 6 nitrogen and oxygen atoms in total.